The minimum Gasteiger partial charge on any atom is -0.394 e. The minimum atomic E-state index is -1.81. The van der Waals surface area contributed by atoms with E-state index in [0.29, 0.717) is 25.8 Å². The van der Waals surface area contributed by atoms with Crippen molar-refractivity contribution >= 4 is 11.7 Å². The molecule has 16 atom stereocenters. The number of aliphatic imine (C=N–C) groups is 1. The topological polar surface area (TPSA) is 356 Å². The second-order valence-electron chi connectivity index (χ2n) is 13.1. The molecule has 272 valence electrons. The van der Waals surface area contributed by atoms with Crippen LogP contribution < -0.4 is 39.7 Å². The van der Waals surface area contributed by atoms with E-state index in [-0.39, 0.29) is 44.4 Å². The molecule has 4 unspecified atom stereocenters. The van der Waals surface area contributed by atoms with E-state index in [2.05, 4.69) is 10.3 Å². The average molecular weight is 679 g/mol. The van der Waals surface area contributed by atoms with Crippen molar-refractivity contribution in [1.29, 1.82) is 0 Å². The number of Topliss-reactive ketones (excluding diaryl/α,β-unsaturated/α-hetero) is 1. The van der Waals surface area contributed by atoms with E-state index in [1.54, 1.807) is 0 Å². The van der Waals surface area contributed by atoms with Gasteiger partial charge in [0.05, 0.1) is 43.0 Å². The van der Waals surface area contributed by atoms with Gasteiger partial charge in [-0.3, -0.25) is 4.79 Å². The van der Waals surface area contributed by atoms with Gasteiger partial charge in [-0.2, -0.15) is 0 Å². The highest BCUT2D eigenvalue weighted by molar-refractivity contribution is 5.92. The lowest BCUT2D eigenvalue weighted by Crippen LogP contribution is -2.66. The van der Waals surface area contributed by atoms with E-state index < -0.39 is 103 Å². The quantitative estimate of drug-likeness (QED) is 0.0565. The van der Waals surface area contributed by atoms with Crippen molar-refractivity contribution in [3.05, 3.63) is 0 Å². The number of ether oxygens (including phenoxy) is 4. The van der Waals surface area contributed by atoms with E-state index in [9.17, 15) is 35.4 Å². The number of rotatable bonds is 15. The first kappa shape index (κ1) is 38.1. The molecule has 4 rings (SSSR count). The van der Waals surface area contributed by atoms with Gasteiger partial charge in [-0.25, -0.2) is 4.99 Å². The number of carbonyl (C=O) groups is 1. The number of aliphatic hydroxyl groups is 6. The highest BCUT2D eigenvalue weighted by atomic mass is 16.7. The third kappa shape index (κ3) is 8.93. The van der Waals surface area contributed by atoms with Gasteiger partial charge in [0.15, 0.2) is 24.3 Å². The number of aliphatic hydroxyl groups excluding tert-OH is 5. The van der Waals surface area contributed by atoms with Crippen molar-refractivity contribution in [1.82, 2.24) is 5.32 Å². The zero-order valence-corrected chi connectivity index (χ0v) is 26.4. The lowest BCUT2D eigenvalue weighted by atomic mass is 9.76. The maximum Gasteiger partial charge on any atom is 0.186 e. The van der Waals surface area contributed by atoms with Crippen molar-refractivity contribution in [3.8, 4) is 0 Å². The number of guanidine groups is 1. The zero-order valence-electron chi connectivity index (χ0n) is 26.4. The number of nitrogens with two attached hydrogens (primary N) is 6. The Morgan fingerprint density at radius 3 is 2.36 bits per heavy atom. The van der Waals surface area contributed by atoms with Crippen molar-refractivity contribution < 1.29 is 54.4 Å². The molecule has 0 radical (unpaired) electrons. The fourth-order valence-electron chi connectivity index (χ4n) is 6.66. The Bertz CT molecular complexity index is 1060. The highest BCUT2D eigenvalue weighted by Gasteiger charge is 2.60. The van der Waals surface area contributed by atoms with Crippen LogP contribution in [0.4, 0.5) is 0 Å². The molecule has 4 aliphatic rings. The van der Waals surface area contributed by atoms with E-state index >= 15 is 0 Å². The van der Waals surface area contributed by atoms with Gasteiger partial charge in [-0.15, -0.1) is 0 Å². The molecule has 19 nitrogen and oxygen atoms in total. The summed E-state index contributed by atoms with van der Waals surface area (Å²) in [5, 5.41) is 67.0. The third-order valence-electron chi connectivity index (χ3n) is 9.62. The summed E-state index contributed by atoms with van der Waals surface area (Å²) in [6.45, 7) is 0.104. The number of hydrogen-bond acceptors (Lipinski definition) is 17. The molecular formula is C28H54N8O11. The fourth-order valence-corrected chi connectivity index (χ4v) is 6.66. The second kappa shape index (κ2) is 16.4. The Balaban J connectivity index is 1.56. The molecule has 0 aromatic rings. The molecule has 0 spiro atoms. The van der Waals surface area contributed by atoms with Crippen LogP contribution in [0.3, 0.4) is 0 Å². The summed E-state index contributed by atoms with van der Waals surface area (Å²) in [5.41, 5.74) is 33.0. The molecule has 19 heteroatoms. The van der Waals surface area contributed by atoms with Gasteiger partial charge < -0.3 is 89.3 Å². The maximum absolute atomic E-state index is 13.3. The van der Waals surface area contributed by atoms with E-state index in [1.807, 2.05) is 0 Å². The van der Waals surface area contributed by atoms with Gasteiger partial charge in [-0.05, 0) is 38.1 Å². The Hall–Kier alpha value is -1.66. The summed E-state index contributed by atoms with van der Waals surface area (Å²) in [6.07, 6.45) is -10.3. The Morgan fingerprint density at radius 2 is 1.72 bits per heavy atom. The summed E-state index contributed by atoms with van der Waals surface area (Å²) in [5.74, 6) is -1.70. The number of carbonyl (C=O) groups excluding carboxylic acids is 1. The lowest BCUT2D eigenvalue weighted by molar-refractivity contribution is -0.318. The predicted molar refractivity (Wildman–Crippen MR) is 165 cm³/mol. The first-order chi connectivity index (χ1) is 22.2. The predicted octanol–water partition coefficient (Wildman–Crippen LogP) is -6.90. The molecule has 0 bridgehead atoms. The van der Waals surface area contributed by atoms with Crippen LogP contribution >= 0.6 is 0 Å². The summed E-state index contributed by atoms with van der Waals surface area (Å²) >= 11 is 0. The first-order valence-corrected chi connectivity index (χ1v) is 16.2. The molecule has 2 aliphatic heterocycles. The number of ketones is 1. The normalized spacial score (nSPS) is 44.5. The van der Waals surface area contributed by atoms with Crippen molar-refractivity contribution in [2.45, 2.75) is 130 Å². The van der Waals surface area contributed by atoms with Gasteiger partial charge in [0.25, 0.3) is 0 Å². The van der Waals surface area contributed by atoms with Crippen molar-refractivity contribution in [3.63, 3.8) is 0 Å². The number of nitrogens with zero attached hydrogens (tertiary/aromatic N) is 1. The molecule has 2 heterocycles. The lowest BCUT2D eigenvalue weighted by Gasteiger charge is -2.48. The van der Waals surface area contributed by atoms with Gasteiger partial charge in [0, 0.05) is 32.0 Å². The number of hydrogen-bond donors (Lipinski definition) is 13. The van der Waals surface area contributed by atoms with Gasteiger partial charge in [-0.1, -0.05) is 0 Å². The molecule has 2 aliphatic carbocycles. The minimum absolute atomic E-state index is 0.00733. The highest BCUT2D eigenvalue weighted by Crippen LogP contribution is 2.43. The molecule has 0 amide bonds. The third-order valence-corrected chi connectivity index (χ3v) is 9.62. The van der Waals surface area contributed by atoms with Gasteiger partial charge >= 0.3 is 0 Å². The Labute approximate surface area is 272 Å². The van der Waals surface area contributed by atoms with Gasteiger partial charge in [0.2, 0.25) is 0 Å². The Kier molecular flexibility index (Phi) is 13.3. The monoisotopic (exact) mass is 678 g/mol. The van der Waals surface area contributed by atoms with E-state index in [4.69, 9.17) is 53.3 Å². The standard InChI is InChI=1S/C28H54N8O11/c29-4-3-12(38)9-35-15-2-1-13(8-30)44-25(15)47-24-14(31)5-11(6-18(39)28(43)7-17(28)36-27(33)34)23(22(24)42)46-26-21(41)19(32)20(40)16(10-37)45-26/h11-17,19-26,35,37-38,40-43H,1-10,29-32H2,(H4,33,34,36)/t11-,12?,13-,14-,15+,16+,17?,19-,20+,21+,22+,23-,24?,25+,26+,28?/m0/s1. The van der Waals surface area contributed by atoms with Crippen LogP contribution in [0.2, 0.25) is 0 Å². The molecule has 4 fully saturated rings. The molecule has 2 saturated heterocycles. The average Bonchev–Trinajstić information content (AvgIpc) is 3.69. The molecule has 47 heavy (non-hydrogen) atoms. The van der Waals surface area contributed by atoms with Crippen LogP contribution in [-0.4, -0.2) is 160 Å². The van der Waals surface area contributed by atoms with Crippen LogP contribution in [0.15, 0.2) is 4.99 Å². The summed E-state index contributed by atoms with van der Waals surface area (Å²) < 4.78 is 24.1. The molecule has 2 saturated carbocycles. The largest absolute Gasteiger partial charge is 0.394 e. The van der Waals surface area contributed by atoms with Crippen LogP contribution in [0, 0.1) is 5.92 Å². The van der Waals surface area contributed by atoms with Crippen LogP contribution in [0.5, 0.6) is 0 Å². The van der Waals surface area contributed by atoms with Gasteiger partial charge in [0.1, 0.15) is 36.1 Å². The summed E-state index contributed by atoms with van der Waals surface area (Å²) in [7, 11) is 0. The molecule has 19 N–H and O–H groups in total. The van der Waals surface area contributed by atoms with E-state index in [1.165, 1.54) is 0 Å². The maximum atomic E-state index is 13.3. The van der Waals surface area contributed by atoms with Crippen LogP contribution in [0.1, 0.15) is 38.5 Å². The SMILES string of the molecule is NCCC(O)CN[C@@H]1CC[C@@H](CN)O[C@@H]1OC1[C@@H](N)C[C@@H](CC(=O)C2(O)CC2N=C(N)N)[C@H](O[C@H]2O[C@H](CO)[C@@H](O)[C@H](N)[C@H]2O)[C@H]1O. The smallest absolute Gasteiger partial charge is 0.186 e. The Morgan fingerprint density at radius 1 is 1.02 bits per heavy atom. The molecular weight excluding hydrogens is 624 g/mol. The molecule has 0 aromatic heterocycles. The number of nitrogens with one attached hydrogen (secondary N) is 1. The van der Waals surface area contributed by atoms with Crippen LogP contribution in [0.25, 0.3) is 0 Å². The first-order valence-electron chi connectivity index (χ1n) is 16.2. The molecule has 0 aromatic carbocycles. The fraction of sp³-hybridized carbons (Fsp3) is 0.929. The van der Waals surface area contributed by atoms with E-state index in [0.717, 1.165) is 0 Å². The van der Waals surface area contributed by atoms with Crippen molar-refractivity contribution in [2.24, 2.45) is 45.3 Å². The zero-order chi connectivity index (χ0) is 34.6. The summed E-state index contributed by atoms with van der Waals surface area (Å²) in [6, 6.07) is -3.36. The van der Waals surface area contributed by atoms with Crippen molar-refractivity contribution in [2.75, 3.05) is 26.2 Å². The summed E-state index contributed by atoms with van der Waals surface area (Å²) in [4.78, 5) is 17.2. The second-order valence-corrected chi connectivity index (χ2v) is 13.1. The van der Waals surface area contributed by atoms with Crippen LogP contribution in [-0.2, 0) is 23.7 Å².